The number of halogens is 1. The van der Waals surface area contributed by atoms with Crippen molar-refractivity contribution in [3.8, 4) is 11.1 Å². The van der Waals surface area contributed by atoms with Gasteiger partial charge in [-0.25, -0.2) is 0 Å². The maximum Gasteiger partial charge on any atom is 0.0406 e. The molecule has 1 N–H and O–H groups in total. The highest BCUT2D eigenvalue weighted by atomic mass is 35.5. The lowest BCUT2D eigenvalue weighted by molar-refractivity contribution is 0.724. The van der Waals surface area contributed by atoms with Gasteiger partial charge in [0.1, 0.15) is 0 Å². The monoisotopic (exact) mass is 286 g/mol. The summed E-state index contributed by atoms with van der Waals surface area (Å²) in [5.41, 5.74) is 3.75. The van der Waals surface area contributed by atoms with Crippen molar-refractivity contribution in [2.45, 2.75) is 6.42 Å². The van der Waals surface area contributed by atoms with Crippen molar-refractivity contribution in [2.75, 3.05) is 31.1 Å². The lowest BCUT2D eigenvalue weighted by atomic mass is 10.1. The third-order valence-corrected chi connectivity index (χ3v) is 4.00. The molecule has 1 aliphatic heterocycles. The Morgan fingerprint density at radius 1 is 0.800 bits per heavy atom. The summed E-state index contributed by atoms with van der Waals surface area (Å²) in [4.78, 5) is 2.45. The number of nitrogens with one attached hydrogen (secondary N) is 1. The van der Waals surface area contributed by atoms with Gasteiger partial charge < -0.3 is 10.2 Å². The Labute approximate surface area is 125 Å². The molecule has 0 amide bonds. The highest BCUT2D eigenvalue weighted by molar-refractivity contribution is 6.30. The van der Waals surface area contributed by atoms with Crippen LogP contribution >= 0.6 is 11.6 Å². The fourth-order valence-corrected chi connectivity index (χ4v) is 2.74. The SMILES string of the molecule is Clc1ccc(-c2ccc(N3CCCNCC3)cc2)cc1. The van der Waals surface area contributed by atoms with Crippen LogP contribution in [0.3, 0.4) is 0 Å². The maximum atomic E-state index is 5.93. The summed E-state index contributed by atoms with van der Waals surface area (Å²) in [6, 6.07) is 16.8. The molecule has 20 heavy (non-hydrogen) atoms. The molecular weight excluding hydrogens is 268 g/mol. The topological polar surface area (TPSA) is 15.3 Å². The largest absolute Gasteiger partial charge is 0.370 e. The lowest BCUT2D eigenvalue weighted by Crippen LogP contribution is -2.27. The predicted molar refractivity (Wildman–Crippen MR) is 86.6 cm³/mol. The molecule has 1 heterocycles. The smallest absolute Gasteiger partial charge is 0.0406 e. The first-order valence-electron chi connectivity index (χ1n) is 7.14. The zero-order valence-electron chi connectivity index (χ0n) is 11.5. The van der Waals surface area contributed by atoms with Gasteiger partial charge in [0.05, 0.1) is 0 Å². The van der Waals surface area contributed by atoms with Gasteiger partial charge in [0.25, 0.3) is 0 Å². The van der Waals surface area contributed by atoms with Gasteiger partial charge in [-0.15, -0.1) is 0 Å². The molecule has 0 bridgehead atoms. The first-order valence-corrected chi connectivity index (χ1v) is 7.52. The Morgan fingerprint density at radius 3 is 2.15 bits per heavy atom. The van der Waals surface area contributed by atoms with Gasteiger partial charge in [-0.1, -0.05) is 35.9 Å². The molecule has 3 heteroatoms. The van der Waals surface area contributed by atoms with Gasteiger partial charge in [-0.3, -0.25) is 0 Å². The molecule has 0 saturated carbocycles. The van der Waals surface area contributed by atoms with E-state index in [1.807, 2.05) is 12.1 Å². The normalized spacial score (nSPS) is 15.9. The molecule has 2 aromatic rings. The van der Waals surface area contributed by atoms with Crippen LogP contribution in [-0.4, -0.2) is 26.2 Å². The molecule has 0 radical (unpaired) electrons. The van der Waals surface area contributed by atoms with Gasteiger partial charge in [-0.05, 0) is 48.4 Å². The molecule has 2 nitrogen and oxygen atoms in total. The van der Waals surface area contributed by atoms with E-state index in [0.29, 0.717) is 0 Å². The molecule has 0 aromatic heterocycles. The molecule has 1 fully saturated rings. The van der Waals surface area contributed by atoms with Gasteiger partial charge in [0.15, 0.2) is 0 Å². The van der Waals surface area contributed by atoms with Crippen LogP contribution in [0.4, 0.5) is 5.69 Å². The van der Waals surface area contributed by atoms with Crippen LogP contribution in [0.2, 0.25) is 5.02 Å². The highest BCUT2D eigenvalue weighted by Crippen LogP contribution is 2.24. The third-order valence-electron chi connectivity index (χ3n) is 3.75. The predicted octanol–water partition coefficient (Wildman–Crippen LogP) is 3.81. The van der Waals surface area contributed by atoms with Crippen LogP contribution in [0.25, 0.3) is 11.1 Å². The zero-order valence-corrected chi connectivity index (χ0v) is 12.2. The number of anilines is 1. The van der Waals surface area contributed by atoms with Crippen molar-refractivity contribution in [1.29, 1.82) is 0 Å². The Kier molecular flexibility index (Phi) is 4.24. The summed E-state index contributed by atoms with van der Waals surface area (Å²) >= 11 is 5.93. The zero-order chi connectivity index (χ0) is 13.8. The average Bonchev–Trinajstić information content (AvgIpc) is 2.77. The maximum absolute atomic E-state index is 5.93. The summed E-state index contributed by atoms with van der Waals surface area (Å²) in [6.45, 7) is 4.41. The fraction of sp³-hybridized carbons (Fsp3) is 0.294. The van der Waals surface area contributed by atoms with Crippen molar-refractivity contribution in [2.24, 2.45) is 0 Å². The van der Waals surface area contributed by atoms with E-state index in [2.05, 4.69) is 46.6 Å². The summed E-state index contributed by atoms with van der Waals surface area (Å²) in [6.07, 6.45) is 1.21. The highest BCUT2D eigenvalue weighted by Gasteiger charge is 2.09. The van der Waals surface area contributed by atoms with Crippen molar-refractivity contribution in [1.82, 2.24) is 5.32 Å². The third kappa shape index (κ3) is 3.14. The van der Waals surface area contributed by atoms with Gasteiger partial charge in [0.2, 0.25) is 0 Å². The minimum Gasteiger partial charge on any atom is -0.370 e. The van der Waals surface area contributed by atoms with Crippen LogP contribution in [-0.2, 0) is 0 Å². The van der Waals surface area contributed by atoms with Crippen molar-refractivity contribution < 1.29 is 0 Å². The van der Waals surface area contributed by atoms with E-state index >= 15 is 0 Å². The second-order valence-electron chi connectivity index (χ2n) is 5.14. The van der Waals surface area contributed by atoms with Crippen molar-refractivity contribution in [3.63, 3.8) is 0 Å². The number of nitrogens with zero attached hydrogens (tertiary/aromatic N) is 1. The van der Waals surface area contributed by atoms with E-state index in [1.165, 1.54) is 23.2 Å². The molecule has 0 spiro atoms. The van der Waals surface area contributed by atoms with Crippen LogP contribution in [0.15, 0.2) is 48.5 Å². The molecule has 0 atom stereocenters. The first kappa shape index (κ1) is 13.5. The minimum absolute atomic E-state index is 0.780. The number of hydrogen-bond donors (Lipinski definition) is 1. The Bertz CT molecular complexity index is 540. The summed E-state index contributed by atoms with van der Waals surface area (Å²) in [5.74, 6) is 0. The van der Waals surface area contributed by atoms with Crippen LogP contribution in [0.1, 0.15) is 6.42 Å². The van der Waals surface area contributed by atoms with E-state index < -0.39 is 0 Å². The number of rotatable bonds is 2. The molecular formula is C17H19ClN2. The molecule has 104 valence electrons. The first-order chi connectivity index (χ1) is 9.83. The van der Waals surface area contributed by atoms with Crippen molar-refractivity contribution >= 4 is 17.3 Å². The minimum atomic E-state index is 0.780. The van der Waals surface area contributed by atoms with E-state index in [4.69, 9.17) is 11.6 Å². The molecule has 0 unspecified atom stereocenters. The summed E-state index contributed by atoms with van der Waals surface area (Å²) in [5, 5.41) is 4.22. The number of hydrogen-bond acceptors (Lipinski definition) is 2. The average molecular weight is 287 g/mol. The quantitative estimate of drug-likeness (QED) is 0.903. The second kappa shape index (κ2) is 6.29. The van der Waals surface area contributed by atoms with Crippen LogP contribution in [0, 0.1) is 0 Å². The fourth-order valence-electron chi connectivity index (χ4n) is 2.61. The molecule has 1 aliphatic rings. The van der Waals surface area contributed by atoms with Crippen LogP contribution < -0.4 is 10.2 Å². The Morgan fingerprint density at radius 2 is 1.45 bits per heavy atom. The summed E-state index contributed by atoms with van der Waals surface area (Å²) < 4.78 is 0. The molecule has 1 saturated heterocycles. The van der Waals surface area contributed by atoms with E-state index in [-0.39, 0.29) is 0 Å². The molecule has 2 aromatic carbocycles. The molecule has 0 aliphatic carbocycles. The van der Waals surface area contributed by atoms with Gasteiger partial charge >= 0.3 is 0 Å². The van der Waals surface area contributed by atoms with Gasteiger partial charge in [-0.2, -0.15) is 0 Å². The van der Waals surface area contributed by atoms with Gasteiger partial charge in [0, 0.05) is 30.3 Å². The molecule has 3 rings (SSSR count). The Balaban J connectivity index is 1.78. The van der Waals surface area contributed by atoms with E-state index in [9.17, 15) is 0 Å². The number of benzene rings is 2. The standard InChI is InChI=1S/C17H19ClN2/c18-16-6-2-14(3-7-16)15-4-8-17(9-5-15)20-12-1-10-19-11-13-20/h2-9,19H,1,10-13H2. The van der Waals surface area contributed by atoms with E-state index in [0.717, 1.165) is 31.2 Å². The second-order valence-corrected chi connectivity index (χ2v) is 5.58. The van der Waals surface area contributed by atoms with Crippen molar-refractivity contribution in [3.05, 3.63) is 53.6 Å². The summed E-state index contributed by atoms with van der Waals surface area (Å²) in [7, 11) is 0. The Hall–Kier alpha value is -1.51. The van der Waals surface area contributed by atoms with Crippen LogP contribution in [0.5, 0.6) is 0 Å². The van der Waals surface area contributed by atoms with E-state index in [1.54, 1.807) is 0 Å². The lowest BCUT2D eigenvalue weighted by Gasteiger charge is -2.22.